The van der Waals surface area contributed by atoms with Crippen LogP contribution in [0.25, 0.3) is 11.1 Å². The minimum Gasteiger partial charge on any atom is -0.497 e. The third kappa shape index (κ3) is 3.25. The normalized spacial score (nSPS) is 9.72. The molecule has 0 spiro atoms. The summed E-state index contributed by atoms with van der Waals surface area (Å²) in [6.45, 7) is 2.65. The quantitative estimate of drug-likeness (QED) is 0.919. The molecular weight excluding hydrogens is 246 g/mol. The van der Waals surface area contributed by atoms with Crippen molar-refractivity contribution < 1.29 is 4.74 Å². The second-order valence-corrected chi connectivity index (χ2v) is 4.14. The molecule has 0 aliphatic rings. The summed E-state index contributed by atoms with van der Waals surface area (Å²) in [6.07, 6.45) is 0. The first-order chi connectivity index (χ1) is 8.22. The van der Waals surface area contributed by atoms with Gasteiger partial charge in [0.25, 0.3) is 0 Å². The predicted molar refractivity (Wildman–Crippen MR) is 78.3 cm³/mol. The molecule has 0 atom stereocenters. The summed E-state index contributed by atoms with van der Waals surface area (Å²) in [5, 5.41) is 0. The average Bonchev–Trinajstić information content (AvgIpc) is 2.38. The molecule has 0 aromatic heterocycles. The molecule has 0 fully saturated rings. The summed E-state index contributed by atoms with van der Waals surface area (Å²) in [5.74, 6) is 0.873. The molecule has 0 saturated carbocycles. The highest BCUT2D eigenvalue weighted by Crippen LogP contribution is 2.25. The van der Waals surface area contributed by atoms with E-state index in [4.69, 9.17) is 10.5 Å². The maximum absolute atomic E-state index is 5.70. The molecule has 96 valence electrons. The Bertz CT molecular complexity index is 526. The fourth-order valence-corrected chi connectivity index (χ4v) is 1.95. The van der Waals surface area contributed by atoms with Crippen molar-refractivity contribution in [1.82, 2.24) is 0 Å². The number of ether oxygens (including phenoxy) is 1. The summed E-state index contributed by atoms with van der Waals surface area (Å²) < 4.78 is 5.24. The van der Waals surface area contributed by atoms with Crippen LogP contribution in [-0.2, 0) is 6.54 Å². The van der Waals surface area contributed by atoms with E-state index in [2.05, 4.69) is 31.2 Å². The SMILES string of the molecule is COc1cccc(-c2cc(C)cc(CN)c2)c1.Cl. The highest BCUT2D eigenvalue weighted by molar-refractivity contribution is 5.85. The molecular formula is C15H18ClNO. The summed E-state index contributed by atoms with van der Waals surface area (Å²) in [4.78, 5) is 0. The van der Waals surface area contributed by atoms with Crippen molar-refractivity contribution in [3.63, 3.8) is 0 Å². The molecule has 18 heavy (non-hydrogen) atoms. The van der Waals surface area contributed by atoms with Crippen molar-refractivity contribution in [2.45, 2.75) is 13.5 Å². The van der Waals surface area contributed by atoms with Crippen LogP contribution in [0.3, 0.4) is 0 Å². The van der Waals surface area contributed by atoms with E-state index in [0.717, 1.165) is 16.9 Å². The van der Waals surface area contributed by atoms with Gasteiger partial charge in [-0.25, -0.2) is 0 Å². The number of aryl methyl sites for hydroxylation is 1. The Labute approximate surface area is 114 Å². The second kappa shape index (κ2) is 6.43. The van der Waals surface area contributed by atoms with E-state index in [1.165, 1.54) is 11.1 Å². The first-order valence-corrected chi connectivity index (χ1v) is 5.68. The van der Waals surface area contributed by atoms with E-state index in [1.54, 1.807) is 7.11 Å². The maximum Gasteiger partial charge on any atom is 0.119 e. The van der Waals surface area contributed by atoms with Crippen LogP contribution in [0.5, 0.6) is 5.75 Å². The molecule has 0 radical (unpaired) electrons. The van der Waals surface area contributed by atoms with Crippen molar-refractivity contribution in [3.05, 3.63) is 53.6 Å². The average molecular weight is 264 g/mol. The molecule has 0 saturated heterocycles. The molecule has 2 rings (SSSR count). The lowest BCUT2D eigenvalue weighted by Gasteiger charge is -2.08. The molecule has 0 aliphatic heterocycles. The van der Waals surface area contributed by atoms with Crippen molar-refractivity contribution in [3.8, 4) is 16.9 Å². The Balaban J connectivity index is 0.00000162. The molecule has 0 bridgehead atoms. The lowest BCUT2D eigenvalue weighted by molar-refractivity contribution is 0.415. The third-order valence-electron chi connectivity index (χ3n) is 2.78. The monoisotopic (exact) mass is 263 g/mol. The Hall–Kier alpha value is -1.51. The van der Waals surface area contributed by atoms with Crippen LogP contribution in [0.2, 0.25) is 0 Å². The zero-order valence-corrected chi connectivity index (χ0v) is 11.5. The lowest BCUT2D eigenvalue weighted by atomic mass is 10.00. The van der Waals surface area contributed by atoms with Crippen LogP contribution >= 0.6 is 12.4 Å². The molecule has 2 aromatic rings. The summed E-state index contributed by atoms with van der Waals surface area (Å²) in [6, 6.07) is 14.5. The number of rotatable bonds is 3. The fourth-order valence-electron chi connectivity index (χ4n) is 1.95. The highest BCUT2D eigenvalue weighted by atomic mass is 35.5. The zero-order chi connectivity index (χ0) is 12.3. The van der Waals surface area contributed by atoms with E-state index < -0.39 is 0 Å². The fraction of sp³-hybridized carbons (Fsp3) is 0.200. The number of benzene rings is 2. The molecule has 0 amide bonds. The van der Waals surface area contributed by atoms with E-state index in [0.29, 0.717) is 6.54 Å². The van der Waals surface area contributed by atoms with Crippen molar-refractivity contribution in [2.24, 2.45) is 5.73 Å². The van der Waals surface area contributed by atoms with Gasteiger partial charge >= 0.3 is 0 Å². The third-order valence-corrected chi connectivity index (χ3v) is 2.78. The van der Waals surface area contributed by atoms with E-state index in [1.807, 2.05) is 18.2 Å². The van der Waals surface area contributed by atoms with Crippen LogP contribution in [0.1, 0.15) is 11.1 Å². The van der Waals surface area contributed by atoms with Crippen molar-refractivity contribution in [2.75, 3.05) is 7.11 Å². The Morgan fingerprint density at radius 1 is 1.06 bits per heavy atom. The minimum atomic E-state index is 0. The van der Waals surface area contributed by atoms with Gasteiger partial charge in [0.05, 0.1) is 7.11 Å². The molecule has 0 aliphatic carbocycles. The van der Waals surface area contributed by atoms with E-state index in [-0.39, 0.29) is 12.4 Å². The second-order valence-electron chi connectivity index (χ2n) is 4.14. The first-order valence-electron chi connectivity index (χ1n) is 5.68. The predicted octanol–water partition coefficient (Wildman–Crippen LogP) is 3.55. The topological polar surface area (TPSA) is 35.2 Å². The van der Waals surface area contributed by atoms with Crippen LogP contribution in [-0.4, -0.2) is 7.11 Å². The molecule has 0 unspecified atom stereocenters. The van der Waals surface area contributed by atoms with Crippen molar-refractivity contribution >= 4 is 12.4 Å². The standard InChI is InChI=1S/C15H17NO.ClH/c1-11-6-12(10-16)8-14(7-11)13-4-3-5-15(9-13)17-2;/h3-9H,10,16H2,1-2H3;1H. The number of halogens is 1. The van der Waals surface area contributed by atoms with Gasteiger partial charge in [0.2, 0.25) is 0 Å². The Morgan fingerprint density at radius 2 is 1.83 bits per heavy atom. The van der Waals surface area contributed by atoms with Crippen molar-refractivity contribution in [1.29, 1.82) is 0 Å². The van der Waals surface area contributed by atoms with Gasteiger partial charge < -0.3 is 10.5 Å². The van der Waals surface area contributed by atoms with Crippen LogP contribution in [0.15, 0.2) is 42.5 Å². The van der Waals surface area contributed by atoms with E-state index in [9.17, 15) is 0 Å². The van der Waals surface area contributed by atoms with Gasteiger partial charge in [-0.15, -0.1) is 12.4 Å². The zero-order valence-electron chi connectivity index (χ0n) is 10.6. The largest absolute Gasteiger partial charge is 0.497 e. The summed E-state index contributed by atoms with van der Waals surface area (Å²) in [5.41, 5.74) is 10.4. The van der Waals surface area contributed by atoms with Crippen LogP contribution < -0.4 is 10.5 Å². The number of hydrogen-bond donors (Lipinski definition) is 1. The van der Waals surface area contributed by atoms with Crippen LogP contribution in [0, 0.1) is 6.92 Å². The number of methoxy groups -OCH3 is 1. The summed E-state index contributed by atoms with van der Waals surface area (Å²) >= 11 is 0. The minimum absolute atomic E-state index is 0. The molecule has 3 heteroatoms. The number of hydrogen-bond acceptors (Lipinski definition) is 2. The van der Waals surface area contributed by atoms with Crippen LogP contribution in [0.4, 0.5) is 0 Å². The maximum atomic E-state index is 5.70. The Kier molecular flexibility index (Phi) is 5.20. The molecule has 2 aromatic carbocycles. The van der Waals surface area contributed by atoms with Gasteiger partial charge in [-0.3, -0.25) is 0 Å². The van der Waals surface area contributed by atoms with Gasteiger partial charge in [-0.05, 0) is 41.8 Å². The smallest absolute Gasteiger partial charge is 0.119 e. The van der Waals surface area contributed by atoms with Gasteiger partial charge in [-0.1, -0.05) is 29.8 Å². The van der Waals surface area contributed by atoms with Gasteiger partial charge in [0, 0.05) is 6.54 Å². The molecule has 0 heterocycles. The molecule has 2 nitrogen and oxygen atoms in total. The van der Waals surface area contributed by atoms with E-state index >= 15 is 0 Å². The molecule has 2 N–H and O–H groups in total. The van der Waals surface area contributed by atoms with Gasteiger partial charge in [-0.2, -0.15) is 0 Å². The highest BCUT2D eigenvalue weighted by Gasteiger charge is 2.02. The Morgan fingerprint density at radius 3 is 2.50 bits per heavy atom. The first kappa shape index (κ1) is 14.6. The summed E-state index contributed by atoms with van der Waals surface area (Å²) in [7, 11) is 1.68. The lowest BCUT2D eigenvalue weighted by Crippen LogP contribution is -1.97. The van der Waals surface area contributed by atoms with Gasteiger partial charge in [0.1, 0.15) is 5.75 Å². The van der Waals surface area contributed by atoms with Gasteiger partial charge in [0.15, 0.2) is 0 Å². The number of nitrogens with two attached hydrogens (primary N) is 1.